The minimum absolute atomic E-state index is 0.0428. The standard InChI is InChI=1S/C13H25N3O2/c1-10(6-5-8-14)13(18)16-9-4-3-7-11(16)12(17)15-2/h10-11H,3-9,14H2,1-2H3,(H,15,17). The van der Waals surface area contributed by atoms with Gasteiger partial charge in [0, 0.05) is 19.5 Å². The molecule has 104 valence electrons. The third kappa shape index (κ3) is 3.70. The van der Waals surface area contributed by atoms with Crippen LogP contribution in [0.3, 0.4) is 0 Å². The summed E-state index contributed by atoms with van der Waals surface area (Å²) in [5.74, 6) is 0.00429. The molecule has 0 aromatic rings. The molecule has 3 N–H and O–H groups in total. The Labute approximate surface area is 109 Å². The summed E-state index contributed by atoms with van der Waals surface area (Å²) >= 11 is 0. The topological polar surface area (TPSA) is 75.4 Å². The number of hydrogen-bond donors (Lipinski definition) is 2. The maximum Gasteiger partial charge on any atom is 0.242 e. The Hall–Kier alpha value is -1.10. The Morgan fingerprint density at radius 2 is 2.17 bits per heavy atom. The lowest BCUT2D eigenvalue weighted by atomic mass is 9.97. The number of piperidine rings is 1. The number of nitrogens with zero attached hydrogens (tertiary/aromatic N) is 1. The summed E-state index contributed by atoms with van der Waals surface area (Å²) in [6.45, 7) is 3.23. The summed E-state index contributed by atoms with van der Waals surface area (Å²) in [6, 6.07) is -0.281. The van der Waals surface area contributed by atoms with Gasteiger partial charge >= 0.3 is 0 Å². The minimum Gasteiger partial charge on any atom is -0.357 e. The smallest absolute Gasteiger partial charge is 0.242 e. The molecular weight excluding hydrogens is 230 g/mol. The average Bonchev–Trinajstić information content (AvgIpc) is 2.43. The second kappa shape index (κ2) is 7.36. The van der Waals surface area contributed by atoms with Crippen molar-refractivity contribution in [1.82, 2.24) is 10.2 Å². The Balaban J connectivity index is 2.64. The molecule has 18 heavy (non-hydrogen) atoms. The number of carbonyl (C=O) groups excluding carboxylic acids is 2. The molecule has 1 aliphatic rings. The van der Waals surface area contributed by atoms with Crippen molar-refractivity contribution in [3.05, 3.63) is 0 Å². The number of amides is 2. The van der Waals surface area contributed by atoms with E-state index in [1.54, 1.807) is 11.9 Å². The fourth-order valence-electron chi connectivity index (χ4n) is 2.47. The van der Waals surface area contributed by atoms with E-state index in [0.29, 0.717) is 13.1 Å². The van der Waals surface area contributed by atoms with E-state index in [9.17, 15) is 9.59 Å². The molecule has 0 radical (unpaired) electrons. The van der Waals surface area contributed by atoms with Crippen LogP contribution in [-0.2, 0) is 9.59 Å². The van der Waals surface area contributed by atoms with Crippen LogP contribution in [0.5, 0.6) is 0 Å². The van der Waals surface area contributed by atoms with Crippen LogP contribution < -0.4 is 11.1 Å². The second-order valence-corrected chi connectivity index (χ2v) is 4.99. The van der Waals surface area contributed by atoms with Gasteiger partial charge in [-0.15, -0.1) is 0 Å². The zero-order valence-electron chi connectivity index (χ0n) is 11.4. The SMILES string of the molecule is CNC(=O)C1CCCCN1C(=O)C(C)CCCN. The van der Waals surface area contributed by atoms with Gasteiger partial charge < -0.3 is 16.0 Å². The normalized spacial score (nSPS) is 21.5. The van der Waals surface area contributed by atoms with Crippen LogP contribution >= 0.6 is 0 Å². The van der Waals surface area contributed by atoms with E-state index < -0.39 is 0 Å². The average molecular weight is 255 g/mol. The van der Waals surface area contributed by atoms with Gasteiger partial charge in [-0.1, -0.05) is 6.92 Å². The Kier molecular flexibility index (Phi) is 6.12. The monoisotopic (exact) mass is 255 g/mol. The lowest BCUT2D eigenvalue weighted by Crippen LogP contribution is -2.52. The predicted octanol–water partition coefficient (Wildman–Crippen LogP) is 0.489. The van der Waals surface area contributed by atoms with Crippen LogP contribution in [0, 0.1) is 5.92 Å². The zero-order valence-corrected chi connectivity index (χ0v) is 11.4. The molecule has 0 saturated carbocycles. The third-order valence-electron chi connectivity index (χ3n) is 3.60. The maximum atomic E-state index is 12.3. The first-order valence-electron chi connectivity index (χ1n) is 6.84. The van der Waals surface area contributed by atoms with Gasteiger partial charge in [0.15, 0.2) is 0 Å². The first-order valence-corrected chi connectivity index (χ1v) is 6.84. The largest absolute Gasteiger partial charge is 0.357 e. The highest BCUT2D eigenvalue weighted by atomic mass is 16.2. The fourth-order valence-corrected chi connectivity index (χ4v) is 2.47. The van der Waals surface area contributed by atoms with Crippen LogP contribution in [0.15, 0.2) is 0 Å². The van der Waals surface area contributed by atoms with Crippen molar-refractivity contribution < 1.29 is 9.59 Å². The highest BCUT2D eigenvalue weighted by Gasteiger charge is 2.33. The van der Waals surface area contributed by atoms with Crippen molar-refractivity contribution in [2.45, 2.75) is 45.1 Å². The summed E-state index contributed by atoms with van der Waals surface area (Å²) in [5.41, 5.74) is 5.46. The molecule has 1 aliphatic heterocycles. The fraction of sp³-hybridized carbons (Fsp3) is 0.846. The summed E-state index contributed by atoms with van der Waals surface area (Å²) in [6.07, 6.45) is 4.43. The van der Waals surface area contributed by atoms with Crippen LogP contribution in [0.25, 0.3) is 0 Å². The molecule has 0 spiro atoms. The zero-order chi connectivity index (χ0) is 13.5. The molecule has 2 unspecified atom stereocenters. The van der Waals surface area contributed by atoms with Crippen LogP contribution in [0.2, 0.25) is 0 Å². The summed E-state index contributed by atoms with van der Waals surface area (Å²) < 4.78 is 0. The highest BCUT2D eigenvalue weighted by molar-refractivity contribution is 5.88. The van der Waals surface area contributed by atoms with Crippen LogP contribution in [0.4, 0.5) is 0 Å². The van der Waals surface area contributed by atoms with Gasteiger partial charge in [-0.05, 0) is 38.6 Å². The van der Waals surface area contributed by atoms with Crippen molar-refractivity contribution in [3.63, 3.8) is 0 Å². The molecule has 0 aliphatic carbocycles. The first-order chi connectivity index (χ1) is 8.61. The van der Waals surface area contributed by atoms with Gasteiger partial charge in [0.05, 0.1) is 0 Å². The lowest BCUT2D eigenvalue weighted by Gasteiger charge is -2.36. The number of nitrogens with two attached hydrogens (primary N) is 1. The first kappa shape index (κ1) is 15.0. The quantitative estimate of drug-likeness (QED) is 0.750. The molecule has 1 saturated heterocycles. The molecule has 0 bridgehead atoms. The van der Waals surface area contributed by atoms with E-state index in [2.05, 4.69) is 5.32 Å². The number of carbonyl (C=O) groups is 2. The molecule has 5 heteroatoms. The van der Waals surface area contributed by atoms with Crippen molar-refractivity contribution in [2.75, 3.05) is 20.1 Å². The number of rotatable bonds is 5. The van der Waals surface area contributed by atoms with E-state index in [4.69, 9.17) is 5.73 Å². The molecule has 5 nitrogen and oxygen atoms in total. The molecule has 2 atom stereocenters. The molecular formula is C13H25N3O2. The Morgan fingerprint density at radius 3 is 2.78 bits per heavy atom. The van der Waals surface area contributed by atoms with Crippen molar-refractivity contribution in [1.29, 1.82) is 0 Å². The Morgan fingerprint density at radius 1 is 1.44 bits per heavy atom. The number of hydrogen-bond acceptors (Lipinski definition) is 3. The third-order valence-corrected chi connectivity index (χ3v) is 3.60. The maximum absolute atomic E-state index is 12.3. The van der Waals surface area contributed by atoms with Crippen molar-refractivity contribution >= 4 is 11.8 Å². The van der Waals surface area contributed by atoms with Crippen LogP contribution in [0.1, 0.15) is 39.0 Å². The van der Waals surface area contributed by atoms with E-state index in [-0.39, 0.29) is 23.8 Å². The predicted molar refractivity (Wildman–Crippen MR) is 70.9 cm³/mol. The molecule has 1 rings (SSSR count). The molecule has 1 heterocycles. The number of nitrogens with one attached hydrogen (secondary N) is 1. The highest BCUT2D eigenvalue weighted by Crippen LogP contribution is 2.21. The Bertz CT molecular complexity index is 294. The van der Waals surface area contributed by atoms with E-state index in [1.165, 1.54) is 0 Å². The molecule has 2 amide bonds. The molecule has 0 aromatic carbocycles. The lowest BCUT2D eigenvalue weighted by molar-refractivity contribution is -0.145. The van der Waals surface area contributed by atoms with E-state index >= 15 is 0 Å². The van der Waals surface area contributed by atoms with Crippen molar-refractivity contribution in [3.8, 4) is 0 Å². The summed E-state index contributed by atoms with van der Waals surface area (Å²) in [4.78, 5) is 25.9. The number of likely N-dealkylation sites (N-methyl/N-ethyl adjacent to an activating group) is 1. The van der Waals surface area contributed by atoms with Gasteiger partial charge in [0.25, 0.3) is 0 Å². The summed E-state index contributed by atoms with van der Waals surface area (Å²) in [7, 11) is 1.62. The number of likely N-dealkylation sites (tertiary alicyclic amines) is 1. The van der Waals surface area contributed by atoms with Gasteiger partial charge in [-0.3, -0.25) is 9.59 Å². The van der Waals surface area contributed by atoms with Crippen LogP contribution in [-0.4, -0.2) is 42.9 Å². The van der Waals surface area contributed by atoms with E-state index in [0.717, 1.165) is 32.1 Å². The van der Waals surface area contributed by atoms with Gasteiger partial charge in [-0.25, -0.2) is 0 Å². The molecule has 0 aromatic heterocycles. The molecule has 1 fully saturated rings. The van der Waals surface area contributed by atoms with Crippen molar-refractivity contribution in [2.24, 2.45) is 11.7 Å². The van der Waals surface area contributed by atoms with Gasteiger partial charge in [-0.2, -0.15) is 0 Å². The van der Waals surface area contributed by atoms with Gasteiger partial charge in [0.2, 0.25) is 11.8 Å². The van der Waals surface area contributed by atoms with E-state index in [1.807, 2.05) is 6.92 Å². The minimum atomic E-state index is -0.281. The second-order valence-electron chi connectivity index (χ2n) is 4.99. The summed E-state index contributed by atoms with van der Waals surface area (Å²) in [5, 5.41) is 2.65. The van der Waals surface area contributed by atoms with Gasteiger partial charge in [0.1, 0.15) is 6.04 Å².